The summed E-state index contributed by atoms with van der Waals surface area (Å²) in [6.07, 6.45) is 2.31. The molecule has 0 radical (unpaired) electrons. The highest BCUT2D eigenvalue weighted by molar-refractivity contribution is 7.99. The summed E-state index contributed by atoms with van der Waals surface area (Å²) in [5.74, 6) is 2.49. The first kappa shape index (κ1) is 11.0. The van der Waals surface area contributed by atoms with Crippen LogP contribution in [0.3, 0.4) is 0 Å². The molecule has 6 heteroatoms. The lowest BCUT2D eigenvalue weighted by atomic mass is 10.2. The summed E-state index contributed by atoms with van der Waals surface area (Å²) in [5.41, 5.74) is 7.94. The smallest absolute Gasteiger partial charge is 0.276 e. The van der Waals surface area contributed by atoms with Gasteiger partial charge in [-0.2, -0.15) is 16.9 Å². The van der Waals surface area contributed by atoms with E-state index in [1.54, 1.807) is 0 Å². The van der Waals surface area contributed by atoms with E-state index in [0.29, 0.717) is 17.3 Å². The monoisotopic (exact) mass is 252 g/mol. The van der Waals surface area contributed by atoms with Gasteiger partial charge in [-0.05, 0) is 12.8 Å². The number of H-pyrrole nitrogens is 1. The van der Waals surface area contributed by atoms with Crippen LogP contribution in [0.25, 0.3) is 0 Å². The van der Waals surface area contributed by atoms with Gasteiger partial charge in [0.25, 0.3) is 5.91 Å². The molecule has 3 N–H and O–H groups in total. The van der Waals surface area contributed by atoms with Crippen molar-refractivity contribution in [3.8, 4) is 0 Å². The zero-order valence-corrected chi connectivity index (χ0v) is 10.4. The predicted octanol–water partition coefficient (Wildman–Crippen LogP) is 1.06. The number of hydrogen-bond donors (Lipinski definition) is 2. The molecule has 0 bridgehead atoms. The molecule has 1 aliphatic carbocycles. The minimum Gasteiger partial charge on any atom is -0.395 e. The summed E-state index contributed by atoms with van der Waals surface area (Å²) in [6.45, 7) is 1.60. The van der Waals surface area contributed by atoms with E-state index in [4.69, 9.17) is 5.73 Å². The largest absolute Gasteiger partial charge is 0.395 e. The molecule has 3 rings (SSSR count). The quantitative estimate of drug-likeness (QED) is 0.825. The fraction of sp³-hybridized carbons (Fsp3) is 0.636. The highest BCUT2D eigenvalue weighted by Gasteiger charge is 2.31. The Morgan fingerprint density at radius 3 is 2.76 bits per heavy atom. The zero-order valence-electron chi connectivity index (χ0n) is 9.61. The summed E-state index contributed by atoms with van der Waals surface area (Å²) in [6, 6.07) is 0. The van der Waals surface area contributed by atoms with Crippen molar-refractivity contribution in [2.24, 2.45) is 0 Å². The Morgan fingerprint density at radius 2 is 2.12 bits per heavy atom. The van der Waals surface area contributed by atoms with Gasteiger partial charge >= 0.3 is 0 Å². The number of nitrogens with zero attached hydrogens (tertiary/aromatic N) is 2. The molecule has 0 atom stereocenters. The van der Waals surface area contributed by atoms with Gasteiger partial charge in [0.2, 0.25) is 0 Å². The fourth-order valence-corrected chi connectivity index (χ4v) is 3.03. The number of anilines is 1. The predicted molar refractivity (Wildman–Crippen MR) is 68.2 cm³/mol. The number of aromatic amines is 1. The van der Waals surface area contributed by atoms with Crippen molar-refractivity contribution in [1.82, 2.24) is 15.1 Å². The molecule has 1 aliphatic heterocycles. The average Bonchev–Trinajstić information content (AvgIpc) is 3.13. The lowest BCUT2D eigenvalue weighted by Crippen LogP contribution is -2.38. The van der Waals surface area contributed by atoms with Crippen molar-refractivity contribution in [2.45, 2.75) is 18.8 Å². The van der Waals surface area contributed by atoms with Crippen molar-refractivity contribution in [3.05, 3.63) is 11.4 Å². The SMILES string of the molecule is Nc1c(C(=O)N2CCSCC2)n[nH]c1C1CC1. The van der Waals surface area contributed by atoms with Crippen molar-refractivity contribution < 1.29 is 4.79 Å². The number of aromatic nitrogens is 2. The number of nitrogen functional groups attached to an aromatic ring is 1. The minimum absolute atomic E-state index is 0.0223. The molecule has 1 saturated heterocycles. The van der Waals surface area contributed by atoms with Crippen LogP contribution in [-0.4, -0.2) is 45.6 Å². The van der Waals surface area contributed by atoms with Crippen LogP contribution >= 0.6 is 11.8 Å². The summed E-state index contributed by atoms with van der Waals surface area (Å²) >= 11 is 1.88. The number of hydrogen-bond acceptors (Lipinski definition) is 4. The second-order valence-corrected chi connectivity index (χ2v) is 5.80. The Labute approximate surface area is 104 Å². The first-order valence-electron chi connectivity index (χ1n) is 5.98. The topological polar surface area (TPSA) is 75.0 Å². The molecule has 1 aromatic rings. The number of carbonyl (C=O) groups excluding carboxylic acids is 1. The summed E-state index contributed by atoms with van der Waals surface area (Å²) < 4.78 is 0. The van der Waals surface area contributed by atoms with Gasteiger partial charge in [-0.15, -0.1) is 0 Å². The maximum Gasteiger partial charge on any atom is 0.276 e. The molecule has 0 spiro atoms. The highest BCUT2D eigenvalue weighted by Crippen LogP contribution is 2.42. The number of rotatable bonds is 2. The maximum atomic E-state index is 12.2. The van der Waals surface area contributed by atoms with E-state index in [1.807, 2.05) is 16.7 Å². The van der Waals surface area contributed by atoms with E-state index in [9.17, 15) is 4.79 Å². The number of carbonyl (C=O) groups is 1. The molecule has 1 aromatic heterocycles. The molecule has 1 saturated carbocycles. The van der Waals surface area contributed by atoms with Gasteiger partial charge in [0, 0.05) is 30.5 Å². The molecule has 92 valence electrons. The third-order valence-corrected chi connectivity index (χ3v) is 4.26. The van der Waals surface area contributed by atoms with Gasteiger partial charge in [-0.25, -0.2) is 0 Å². The second-order valence-electron chi connectivity index (χ2n) is 4.58. The van der Waals surface area contributed by atoms with Crippen LogP contribution in [0, 0.1) is 0 Å². The zero-order chi connectivity index (χ0) is 11.8. The number of nitrogens with one attached hydrogen (secondary N) is 1. The summed E-state index contributed by atoms with van der Waals surface area (Å²) in [7, 11) is 0. The second kappa shape index (κ2) is 4.25. The average molecular weight is 252 g/mol. The van der Waals surface area contributed by atoms with Gasteiger partial charge in [-0.3, -0.25) is 9.89 Å². The van der Waals surface area contributed by atoms with Crippen molar-refractivity contribution in [2.75, 3.05) is 30.3 Å². The van der Waals surface area contributed by atoms with Gasteiger partial charge in [0.1, 0.15) is 0 Å². The van der Waals surface area contributed by atoms with Gasteiger partial charge in [0.15, 0.2) is 5.69 Å². The first-order valence-corrected chi connectivity index (χ1v) is 7.13. The van der Waals surface area contributed by atoms with Crippen LogP contribution in [0.4, 0.5) is 5.69 Å². The Morgan fingerprint density at radius 1 is 1.41 bits per heavy atom. The van der Waals surface area contributed by atoms with Crippen molar-refractivity contribution >= 4 is 23.4 Å². The van der Waals surface area contributed by atoms with Crippen LogP contribution < -0.4 is 5.73 Å². The van der Waals surface area contributed by atoms with Crippen LogP contribution in [0.1, 0.15) is 34.9 Å². The summed E-state index contributed by atoms with van der Waals surface area (Å²) in [4.78, 5) is 14.1. The van der Waals surface area contributed by atoms with E-state index in [0.717, 1.165) is 43.1 Å². The number of nitrogens with two attached hydrogens (primary N) is 1. The molecule has 17 heavy (non-hydrogen) atoms. The Bertz CT molecular complexity index is 435. The maximum absolute atomic E-state index is 12.2. The standard InChI is InChI=1S/C11H16N4OS/c12-8-9(7-1-2-7)13-14-10(8)11(16)15-3-5-17-6-4-15/h7H,1-6,12H2,(H,13,14). The third-order valence-electron chi connectivity index (χ3n) is 3.32. The lowest BCUT2D eigenvalue weighted by molar-refractivity contribution is 0.0767. The number of thioether (sulfide) groups is 1. The highest BCUT2D eigenvalue weighted by atomic mass is 32.2. The van der Waals surface area contributed by atoms with Crippen LogP contribution in [0.2, 0.25) is 0 Å². The third kappa shape index (κ3) is 2.01. The van der Waals surface area contributed by atoms with E-state index >= 15 is 0 Å². The molecule has 0 unspecified atom stereocenters. The molecule has 2 fully saturated rings. The summed E-state index contributed by atoms with van der Waals surface area (Å²) in [5, 5.41) is 7.03. The Hall–Kier alpha value is -1.17. The molecular weight excluding hydrogens is 236 g/mol. The van der Waals surface area contributed by atoms with E-state index in [1.165, 1.54) is 0 Å². The molecule has 2 heterocycles. The Balaban J connectivity index is 1.80. The van der Waals surface area contributed by atoms with E-state index in [-0.39, 0.29) is 5.91 Å². The van der Waals surface area contributed by atoms with Crippen LogP contribution in [0.5, 0.6) is 0 Å². The van der Waals surface area contributed by atoms with Crippen LogP contribution in [0.15, 0.2) is 0 Å². The number of amides is 1. The van der Waals surface area contributed by atoms with Crippen LogP contribution in [-0.2, 0) is 0 Å². The van der Waals surface area contributed by atoms with Gasteiger partial charge in [0.05, 0.1) is 11.4 Å². The normalized spacial score (nSPS) is 20.6. The molecule has 0 aromatic carbocycles. The Kier molecular flexibility index (Phi) is 2.74. The van der Waals surface area contributed by atoms with Gasteiger partial charge < -0.3 is 10.6 Å². The van der Waals surface area contributed by atoms with Crippen molar-refractivity contribution in [3.63, 3.8) is 0 Å². The molecule has 2 aliphatic rings. The van der Waals surface area contributed by atoms with E-state index < -0.39 is 0 Å². The molecular formula is C11H16N4OS. The first-order chi connectivity index (χ1) is 8.27. The van der Waals surface area contributed by atoms with Crippen molar-refractivity contribution in [1.29, 1.82) is 0 Å². The van der Waals surface area contributed by atoms with Gasteiger partial charge in [-0.1, -0.05) is 0 Å². The van der Waals surface area contributed by atoms with E-state index in [2.05, 4.69) is 10.2 Å². The fourth-order valence-electron chi connectivity index (χ4n) is 2.13. The molecule has 1 amide bonds. The lowest BCUT2D eigenvalue weighted by Gasteiger charge is -2.25. The molecule has 5 nitrogen and oxygen atoms in total. The minimum atomic E-state index is -0.0223.